The fourth-order valence-corrected chi connectivity index (χ4v) is 11.0. The zero-order valence-electron chi connectivity index (χ0n) is 51.0. The van der Waals surface area contributed by atoms with Crippen molar-refractivity contribution in [1.82, 2.24) is 5.32 Å². The number of nitrogens with zero attached hydrogens (tertiary/aromatic N) is 1. The highest BCUT2D eigenvalue weighted by Crippen LogP contribution is 2.38. The third kappa shape index (κ3) is 60.5. The molecule has 0 aromatic heterocycles. The van der Waals surface area contributed by atoms with E-state index < -0.39 is 20.0 Å². The predicted molar refractivity (Wildman–Crippen MR) is 325 cm³/mol. The minimum Gasteiger partial charge on any atom is -0.756 e. The number of unbranched alkanes of at least 4 members (excludes halogenated alkanes) is 45. The Labute approximate surface area is 468 Å². The number of phosphoric acid groups is 1. The maximum absolute atomic E-state index is 13.0. The molecule has 0 aromatic carbocycles. The lowest BCUT2D eigenvalue weighted by molar-refractivity contribution is -0.870. The molecule has 3 atom stereocenters. The molecule has 2 N–H and O–H groups in total. The van der Waals surface area contributed by atoms with Gasteiger partial charge in [0, 0.05) is 6.42 Å². The molecule has 0 aliphatic rings. The Balaban J connectivity index is 4.02. The Bertz CT molecular complexity index is 1270. The summed E-state index contributed by atoms with van der Waals surface area (Å²) in [6.07, 6.45) is 73.8. The molecular formula is C66H131N2O6P. The van der Waals surface area contributed by atoms with Crippen LogP contribution >= 0.6 is 7.82 Å². The highest BCUT2D eigenvalue weighted by molar-refractivity contribution is 7.45. The largest absolute Gasteiger partial charge is 0.756 e. The van der Waals surface area contributed by atoms with Gasteiger partial charge in [-0.15, -0.1) is 0 Å². The molecule has 8 nitrogen and oxygen atoms in total. The molecule has 0 rings (SSSR count). The molecule has 446 valence electrons. The van der Waals surface area contributed by atoms with E-state index in [1.165, 1.54) is 270 Å². The summed E-state index contributed by atoms with van der Waals surface area (Å²) >= 11 is 0. The van der Waals surface area contributed by atoms with Crippen molar-refractivity contribution in [3.63, 3.8) is 0 Å². The zero-order valence-corrected chi connectivity index (χ0v) is 51.9. The fourth-order valence-electron chi connectivity index (χ4n) is 10.3. The molecule has 75 heavy (non-hydrogen) atoms. The molecule has 0 heterocycles. The highest BCUT2D eigenvalue weighted by Gasteiger charge is 2.24. The number of carbonyl (C=O) groups excluding carboxylic acids is 1. The molecule has 1 amide bonds. The quantitative estimate of drug-likeness (QED) is 0.0272. The third-order valence-corrected chi connectivity index (χ3v) is 16.4. The standard InChI is InChI=1S/C66H131N2O6P/c1-6-8-10-12-14-16-18-20-22-24-26-28-30-31-32-33-34-35-36-37-38-40-42-44-46-48-50-52-54-56-58-60-66(70)67-64(63-74-75(71,72)73-62-61-68(3,4)5)65(69)59-57-55-53-51-49-47-45-43-41-39-29-27-25-23-21-19-17-15-13-11-9-7-2/h18,20,24,26,64-65,69H,6-17,19,21-23,25,27-63H2,1-5H3,(H-,67,70,71,72)/b20-18-,26-24-. The number of phosphoric ester groups is 1. The van der Waals surface area contributed by atoms with E-state index in [1.54, 1.807) is 0 Å². The van der Waals surface area contributed by atoms with Crippen LogP contribution in [0.3, 0.4) is 0 Å². The van der Waals surface area contributed by atoms with Gasteiger partial charge in [-0.05, 0) is 44.9 Å². The smallest absolute Gasteiger partial charge is 0.268 e. The van der Waals surface area contributed by atoms with Crippen LogP contribution in [0.5, 0.6) is 0 Å². The number of allylic oxidation sites excluding steroid dienone is 4. The number of likely N-dealkylation sites (N-methyl/N-ethyl adjacent to an activating group) is 1. The number of hydrogen-bond donors (Lipinski definition) is 2. The van der Waals surface area contributed by atoms with Crippen molar-refractivity contribution in [1.29, 1.82) is 0 Å². The van der Waals surface area contributed by atoms with E-state index in [9.17, 15) is 19.4 Å². The Hall–Kier alpha value is -1.02. The Morgan fingerprint density at radius 1 is 0.467 bits per heavy atom. The van der Waals surface area contributed by atoms with Gasteiger partial charge < -0.3 is 28.8 Å². The van der Waals surface area contributed by atoms with Crippen LogP contribution in [0.4, 0.5) is 0 Å². The molecule has 0 fully saturated rings. The van der Waals surface area contributed by atoms with Gasteiger partial charge >= 0.3 is 0 Å². The van der Waals surface area contributed by atoms with E-state index in [-0.39, 0.29) is 19.1 Å². The minimum absolute atomic E-state index is 0.0149. The van der Waals surface area contributed by atoms with Gasteiger partial charge in [0.15, 0.2) is 0 Å². The van der Waals surface area contributed by atoms with Crippen molar-refractivity contribution in [3.8, 4) is 0 Å². The molecule has 0 bridgehead atoms. The van der Waals surface area contributed by atoms with Crippen molar-refractivity contribution in [2.75, 3.05) is 40.9 Å². The lowest BCUT2D eigenvalue weighted by Crippen LogP contribution is -2.46. The average Bonchev–Trinajstić information content (AvgIpc) is 3.37. The summed E-state index contributed by atoms with van der Waals surface area (Å²) < 4.78 is 23.5. The average molecular weight is 1080 g/mol. The molecule has 0 aliphatic heterocycles. The monoisotopic (exact) mass is 1080 g/mol. The first-order chi connectivity index (χ1) is 36.5. The van der Waals surface area contributed by atoms with Crippen LogP contribution in [0, 0.1) is 0 Å². The molecular weight excluding hydrogens is 948 g/mol. The molecule has 0 aromatic rings. The lowest BCUT2D eigenvalue weighted by atomic mass is 10.0. The number of amides is 1. The number of quaternary nitrogens is 1. The van der Waals surface area contributed by atoms with Crippen LogP contribution in [-0.2, 0) is 18.4 Å². The Kier molecular flexibility index (Phi) is 56.9. The van der Waals surface area contributed by atoms with Gasteiger partial charge in [-0.2, -0.15) is 0 Å². The van der Waals surface area contributed by atoms with Gasteiger partial charge in [0.1, 0.15) is 13.2 Å². The number of aliphatic hydroxyl groups excluding tert-OH is 1. The van der Waals surface area contributed by atoms with Crippen LogP contribution in [0.1, 0.15) is 341 Å². The molecule has 0 radical (unpaired) electrons. The van der Waals surface area contributed by atoms with Gasteiger partial charge in [0.05, 0.1) is 39.9 Å². The second kappa shape index (κ2) is 57.7. The highest BCUT2D eigenvalue weighted by atomic mass is 31.2. The summed E-state index contributed by atoms with van der Waals surface area (Å²) in [6, 6.07) is -0.799. The second-order valence-corrected chi connectivity index (χ2v) is 25.6. The van der Waals surface area contributed by atoms with Gasteiger partial charge in [-0.25, -0.2) is 0 Å². The first-order valence-corrected chi connectivity index (χ1v) is 34.6. The Morgan fingerprint density at radius 2 is 0.773 bits per heavy atom. The zero-order chi connectivity index (χ0) is 54.9. The summed E-state index contributed by atoms with van der Waals surface area (Å²) in [5.74, 6) is -0.157. The molecule has 3 unspecified atom stereocenters. The first kappa shape index (κ1) is 74.0. The molecule has 9 heteroatoms. The number of aliphatic hydroxyl groups is 1. The van der Waals surface area contributed by atoms with E-state index in [0.717, 1.165) is 44.9 Å². The summed E-state index contributed by atoms with van der Waals surface area (Å²) in [5.41, 5.74) is 0. The van der Waals surface area contributed by atoms with Crippen LogP contribution in [0.25, 0.3) is 0 Å². The maximum atomic E-state index is 13.0. The third-order valence-electron chi connectivity index (χ3n) is 15.4. The number of nitrogens with one attached hydrogen (secondary N) is 1. The van der Waals surface area contributed by atoms with E-state index in [0.29, 0.717) is 23.9 Å². The number of carbonyl (C=O) groups is 1. The second-order valence-electron chi connectivity index (χ2n) is 24.2. The van der Waals surface area contributed by atoms with Crippen LogP contribution in [0.2, 0.25) is 0 Å². The Morgan fingerprint density at radius 3 is 1.11 bits per heavy atom. The molecule has 0 spiro atoms. The van der Waals surface area contributed by atoms with E-state index in [4.69, 9.17) is 9.05 Å². The first-order valence-electron chi connectivity index (χ1n) is 33.2. The molecule has 0 aliphatic carbocycles. The van der Waals surface area contributed by atoms with Crippen LogP contribution in [0.15, 0.2) is 24.3 Å². The normalized spacial score (nSPS) is 13.9. The van der Waals surface area contributed by atoms with Crippen molar-refractivity contribution < 1.29 is 32.9 Å². The number of hydrogen-bond acceptors (Lipinski definition) is 6. The van der Waals surface area contributed by atoms with Crippen molar-refractivity contribution in [2.24, 2.45) is 0 Å². The lowest BCUT2D eigenvalue weighted by Gasteiger charge is -2.30. The molecule has 0 saturated carbocycles. The summed E-state index contributed by atoms with van der Waals surface area (Å²) in [7, 11) is 1.32. The van der Waals surface area contributed by atoms with E-state index >= 15 is 0 Å². The van der Waals surface area contributed by atoms with Crippen molar-refractivity contribution in [3.05, 3.63) is 24.3 Å². The topological polar surface area (TPSA) is 108 Å². The minimum atomic E-state index is -4.58. The van der Waals surface area contributed by atoms with E-state index in [1.807, 2.05) is 21.1 Å². The maximum Gasteiger partial charge on any atom is 0.268 e. The number of rotatable bonds is 62. The van der Waals surface area contributed by atoms with Crippen LogP contribution in [-0.4, -0.2) is 68.5 Å². The summed E-state index contributed by atoms with van der Waals surface area (Å²) in [4.78, 5) is 25.6. The predicted octanol–water partition coefficient (Wildman–Crippen LogP) is 20.1. The van der Waals surface area contributed by atoms with Crippen molar-refractivity contribution in [2.45, 2.75) is 353 Å². The van der Waals surface area contributed by atoms with Gasteiger partial charge in [-0.1, -0.05) is 314 Å². The van der Waals surface area contributed by atoms with E-state index in [2.05, 4.69) is 43.5 Å². The fraction of sp³-hybridized carbons (Fsp3) is 0.924. The van der Waals surface area contributed by atoms with Crippen LogP contribution < -0.4 is 10.2 Å². The summed E-state index contributed by atoms with van der Waals surface area (Å²) in [6.45, 7) is 4.77. The van der Waals surface area contributed by atoms with Crippen molar-refractivity contribution >= 4 is 13.7 Å². The van der Waals surface area contributed by atoms with Gasteiger partial charge in [0.2, 0.25) is 5.91 Å². The molecule has 0 saturated heterocycles. The van der Waals surface area contributed by atoms with Gasteiger partial charge in [-0.3, -0.25) is 9.36 Å². The summed E-state index contributed by atoms with van der Waals surface area (Å²) in [5, 5.41) is 14.1. The van der Waals surface area contributed by atoms with Gasteiger partial charge in [0.25, 0.3) is 7.82 Å². The SMILES string of the molecule is CCCCCCC/C=C\C/C=C\CCCCCCCCCCCCCCCCCCCCCC(=O)NC(COP(=O)([O-])OCC[N+](C)(C)C)C(O)CCCCCCCCCCCCCCCCCCCCCCCC.